The first-order valence-corrected chi connectivity index (χ1v) is 9.37. The minimum absolute atomic E-state index is 0.180. The molecule has 2 amide bonds. The minimum atomic E-state index is -1.44. The van der Waals surface area contributed by atoms with E-state index in [4.69, 9.17) is 9.47 Å². The van der Waals surface area contributed by atoms with Gasteiger partial charge in [0.15, 0.2) is 6.10 Å². The molecular formula is C20H26N2O6. The molecule has 152 valence electrons. The lowest BCUT2D eigenvalue weighted by Gasteiger charge is -2.58. The fraction of sp³-hybridized carbons (Fsp3) is 0.550. The van der Waals surface area contributed by atoms with Gasteiger partial charge in [-0.15, -0.1) is 0 Å². The van der Waals surface area contributed by atoms with Crippen molar-refractivity contribution in [3.8, 4) is 5.75 Å². The van der Waals surface area contributed by atoms with Crippen molar-refractivity contribution in [2.24, 2.45) is 5.41 Å². The maximum atomic E-state index is 12.8. The number of carboxylic acid groups (broad SMARTS) is 1. The van der Waals surface area contributed by atoms with Crippen LogP contribution in [0, 0.1) is 5.41 Å². The van der Waals surface area contributed by atoms with Crippen molar-refractivity contribution < 1.29 is 29.0 Å². The predicted molar refractivity (Wildman–Crippen MR) is 101 cm³/mol. The van der Waals surface area contributed by atoms with Gasteiger partial charge in [-0.1, -0.05) is 26.0 Å². The van der Waals surface area contributed by atoms with Crippen LogP contribution in [0.4, 0.5) is 5.69 Å². The molecule has 2 aliphatic rings. The van der Waals surface area contributed by atoms with Crippen LogP contribution >= 0.6 is 0 Å². The lowest BCUT2D eigenvalue weighted by atomic mass is 9.54. The lowest BCUT2D eigenvalue weighted by Crippen LogP contribution is -2.76. The number of nitrogens with zero attached hydrogens (tertiary/aromatic N) is 1. The van der Waals surface area contributed by atoms with Gasteiger partial charge in [-0.25, -0.2) is 4.79 Å². The number of carbonyl (C=O) groups excluding carboxylic acids is 2. The Kier molecular flexibility index (Phi) is 5.10. The van der Waals surface area contributed by atoms with Gasteiger partial charge in [0.05, 0.1) is 11.8 Å². The third kappa shape index (κ3) is 3.01. The molecule has 1 saturated carbocycles. The normalized spacial score (nSPS) is 28.0. The highest BCUT2D eigenvalue weighted by Crippen LogP contribution is 2.51. The SMILES string of the molecule is CCOC1CC(NC(=O)CN2C(=O)C(C)Oc3ccccc32)(C(=O)O)C1(C)C. The monoisotopic (exact) mass is 390 g/mol. The van der Waals surface area contributed by atoms with Crippen molar-refractivity contribution in [1.29, 1.82) is 0 Å². The van der Waals surface area contributed by atoms with E-state index >= 15 is 0 Å². The number of anilines is 1. The number of hydrogen-bond donors (Lipinski definition) is 2. The lowest BCUT2D eigenvalue weighted by molar-refractivity contribution is -0.194. The fourth-order valence-corrected chi connectivity index (χ4v) is 3.98. The van der Waals surface area contributed by atoms with Gasteiger partial charge in [-0.2, -0.15) is 0 Å². The first kappa shape index (κ1) is 20.1. The van der Waals surface area contributed by atoms with Crippen LogP contribution in [0.2, 0.25) is 0 Å². The van der Waals surface area contributed by atoms with Crippen molar-refractivity contribution in [3.05, 3.63) is 24.3 Å². The number of amides is 2. The number of ether oxygens (including phenoxy) is 2. The van der Waals surface area contributed by atoms with Crippen LogP contribution in [0.5, 0.6) is 5.75 Å². The number of para-hydroxylation sites is 2. The van der Waals surface area contributed by atoms with Gasteiger partial charge in [-0.3, -0.25) is 14.5 Å². The van der Waals surface area contributed by atoms with Crippen molar-refractivity contribution >= 4 is 23.5 Å². The third-order valence-corrected chi connectivity index (χ3v) is 5.86. The van der Waals surface area contributed by atoms with Crippen molar-refractivity contribution in [1.82, 2.24) is 5.32 Å². The van der Waals surface area contributed by atoms with Gasteiger partial charge < -0.3 is 19.9 Å². The summed E-state index contributed by atoms with van der Waals surface area (Å²) in [4.78, 5) is 38.7. The molecule has 3 atom stereocenters. The summed E-state index contributed by atoms with van der Waals surface area (Å²) in [7, 11) is 0. The largest absolute Gasteiger partial charge is 0.479 e. The number of fused-ring (bicyclic) bond motifs is 1. The second kappa shape index (κ2) is 7.09. The van der Waals surface area contributed by atoms with E-state index < -0.39 is 28.9 Å². The minimum Gasteiger partial charge on any atom is -0.479 e. The summed E-state index contributed by atoms with van der Waals surface area (Å²) >= 11 is 0. The maximum Gasteiger partial charge on any atom is 0.330 e. The van der Waals surface area contributed by atoms with Gasteiger partial charge >= 0.3 is 5.97 Å². The average Bonchev–Trinajstić information content (AvgIpc) is 2.64. The van der Waals surface area contributed by atoms with Crippen LogP contribution in [0.15, 0.2) is 24.3 Å². The molecule has 3 unspecified atom stereocenters. The van der Waals surface area contributed by atoms with Gasteiger partial charge in [0, 0.05) is 18.4 Å². The van der Waals surface area contributed by atoms with E-state index in [-0.39, 0.29) is 25.0 Å². The molecule has 3 rings (SSSR count). The molecule has 1 aliphatic carbocycles. The topological polar surface area (TPSA) is 105 Å². The number of hydrogen-bond acceptors (Lipinski definition) is 5. The number of carboxylic acids is 1. The van der Waals surface area contributed by atoms with E-state index in [2.05, 4.69) is 5.32 Å². The summed E-state index contributed by atoms with van der Waals surface area (Å²) in [5, 5.41) is 12.5. The van der Waals surface area contributed by atoms with Crippen molar-refractivity contribution in [2.45, 2.75) is 51.9 Å². The van der Waals surface area contributed by atoms with Crippen LogP contribution in [0.1, 0.15) is 34.1 Å². The smallest absolute Gasteiger partial charge is 0.330 e. The van der Waals surface area contributed by atoms with Gasteiger partial charge in [0.1, 0.15) is 17.8 Å². The molecule has 1 heterocycles. The molecule has 0 radical (unpaired) electrons. The molecule has 0 saturated heterocycles. The van der Waals surface area contributed by atoms with E-state index in [0.29, 0.717) is 18.0 Å². The first-order chi connectivity index (χ1) is 13.1. The summed E-state index contributed by atoms with van der Waals surface area (Å²) in [5.74, 6) is -1.49. The molecule has 0 spiro atoms. The van der Waals surface area contributed by atoms with Crippen LogP contribution in [0.25, 0.3) is 0 Å². The number of benzene rings is 1. The molecule has 0 aromatic heterocycles. The second-order valence-corrected chi connectivity index (χ2v) is 7.78. The Morgan fingerprint density at radius 3 is 2.64 bits per heavy atom. The van der Waals surface area contributed by atoms with Gasteiger partial charge in [-0.05, 0) is 26.0 Å². The molecular weight excluding hydrogens is 364 g/mol. The third-order valence-electron chi connectivity index (χ3n) is 5.86. The zero-order valence-corrected chi connectivity index (χ0v) is 16.5. The van der Waals surface area contributed by atoms with Crippen molar-refractivity contribution in [3.63, 3.8) is 0 Å². The van der Waals surface area contributed by atoms with Crippen molar-refractivity contribution in [2.75, 3.05) is 18.1 Å². The summed E-state index contributed by atoms with van der Waals surface area (Å²) in [5.41, 5.74) is -1.74. The Balaban J connectivity index is 1.80. The number of rotatable bonds is 6. The summed E-state index contributed by atoms with van der Waals surface area (Å²) in [6, 6.07) is 6.95. The Bertz CT molecular complexity index is 808. The van der Waals surface area contributed by atoms with E-state index in [0.717, 1.165) is 0 Å². The van der Waals surface area contributed by atoms with Crippen LogP contribution < -0.4 is 15.0 Å². The quantitative estimate of drug-likeness (QED) is 0.764. The molecule has 28 heavy (non-hydrogen) atoms. The highest BCUT2D eigenvalue weighted by molar-refractivity contribution is 6.04. The molecule has 1 fully saturated rings. The maximum absolute atomic E-state index is 12.8. The van der Waals surface area contributed by atoms with E-state index in [1.807, 2.05) is 6.92 Å². The van der Waals surface area contributed by atoms with Crippen LogP contribution in [0.3, 0.4) is 0 Å². The Labute approximate surface area is 163 Å². The van der Waals surface area contributed by atoms with Gasteiger partial charge in [0.25, 0.3) is 5.91 Å². The van der Waals surface area contributed by atoms with Crippen LogP contribution in [-0.2, 0) is 19.1 Å². The first-order valence-electron chi connectivity index (χ1n) is 9.37. The average molecular weight is 390 g/mol. The molecule has 0 bridgehead atoms. The molecule has 2 N–H and O–H groups in total. The Hall–Kier alpha value is -2.61. The summed E-state index contributed by atoms with van der Waals surface area (Å²) in [6.45, 7) is 7.18. The van der Waals surface area contributed by atoms with E-state index in [1.165, 1.54) is 4.90 Å². The van der Waals surface area contributed by atoms with E-state index in [9.17, 15) is 19.5 Å². The molecule has 1 aliphatic heterocycles. The molecule has 1 aromatic rings. The predicted octanol–water partition coefficient (Wildman–Crippen LogP) is 1.58. The Morgan fingerprint density at radius 2 is 2.04 bits per heavy atom. The Morgan fingerprint density at radius 1 is 1.36 bits per heavy atom. The highest BCUT2D eigenvalue weighted by Gasteiger charge is 2.66. The summed E-state index contributed by atoms with van der Waals surface area (Å²) in [6.07, 6.45) is -0.808. The standard InChI is InChI=1S/C20H26N2O6/c1-5-27-15-10-20(18(25)26,19(15,3)4)21-16(23)11-22-13-8-6-7-9-14(13)28-12(2)17(22)24/h6-9,12,15H,5,10-11H2,1-4H3,(H,21,23)(H,25,26). The number of nitrogens with one attached hydrogen (secondary N) is 1. The molecule has 8 heteroatoms. The van der Waals surface area contributed by atoms with Gasteiger partial charge in [0.2, 0.25) is 5.91 Å². The highest BCUT2D eigenvalue weighted by atomic mass is 16.5. The fourth-order valence-electron chi connectivity index (χ4n) is 3.98. The number of aliphatic carboxylic acids is 1. The summed E-state index contributed by atoms with van der Waals surface area (Å²) < 4.78 is 11.2. The molecule has 8 nitrogen and oxygen atoms in total. The van der Waals surface area contributed by atoms with E-state index in [1.54, 1.807) is 45.0 Å². The number of carbonyl (C=O) groups is 3. The zero-order valence-electron chi connectivity index (χ0n) is 16.5. The zero-order chi connectivity index (χ0) is 20.7. The molecule has 1 aromatic carbocycles. The van der Waals surface area contributed by atoms with Crippen LogP contribution in [-0.4, -0.2) is 53.8 Å². The second-order valence-electron chi connectivity index (χ2n) is 7.78.